The first-order chi connectivity index (χ1) is 8.63. The highest BCUT2D eigenvalue weighted by atomic mass is 19.3. The van der Waals surface area contributed by atoms with E-state index in [0.29, 0.717) is 13.0 Å². The second kappa shape index (κ2) is 8.16. The molecule has 1 atom stereocenters. The van der Waals surface area contributed by atoms with Gasteiger partial charge in [-0.1, -0.05) is 6.92 Å². The minimum absolute atomic E-state index is 0.203. The van der Waals surface area contributed by atoms with E-state index in [2.05, 4.69) is 10.3 Å². The maximum Gasteiger partial charge on any atom is 0.261 e. The van der Waals surface area contributed by atoms with Crippen LogP contribution in [0.15, 0.2) is 12.4 Å². The van der Waals surface area contributed by atoms with Crippen molar-refractivity contribution < 1.29 is 13.5 Å². The average molecular weight is 261 g/mol. The number of aryl methyl sites for hydroxylation is 1. The Kier molecular flexibility index (Phi) is 6.82. The Balaban J connectivity index is 2.33. The van der Waals surface area contributed by atoms with Gasteiger partial charge in [-0.2, -0.15) is 0 Å². The number of imidazole rings is 1. The van der Waals surface area contributed by atoms with Gasteiger partial charge in [0.2, 0.25) is 0 Å². The Hall–Kier alpha value is -1.01. The van der Waals surface area contributed by atoms with Crippen molar-refractivity contribution >= 4 is 0 Å². The molecule has 0 spiro atoms. The summed E-state index contributed by atoms with van der Waals surface area (Å²) in [5.74, 6) is 0.981. The van der Waals surface area contributed by atoms with Gasteiger partial charge < -0.3 is 14.6 Å². The summed E-state index contributed by atoms with van der Waals surface area (Å²) < 4.78 is 30.7. The zero-order valence-electron chi connectivity index (χ0n) is 10.9. The van der Waals surface area contributed by atoms with Crippen molar-refractivity contribution in [1.29, 1.82) is 0 Å². The highest BCUT2D eigenvalue weighted by Gasteiger charge is 2.12. The van der Waals surface area contributed by atoms with Gasteiger partial charge in [0.25, 0.3) is 6.43 Å². The van der Waals surface area contributed by atoms with Gasteiger partial charge in [-0.15, -0.1) is 0 Å². The van der Waals surface area contributed by atoms with Crippen LogP contribution < -0.4 is 5.32 Å². The molecule has 1 unspecified atom stereocenters. The van der Waals surface area contributed by atoms with Gasteiger partial charge in [0.05, 0.1) is 0 Å². The Bertz CT molecular complexity index is 331. The number of likely N-dealkylation sites (N-methyl/N-ethyl adjacent to an activating group) is 1. The standard InChI is InChI=1S/C12H21F2N3O/c1-3-15-10(4-7-18-9-11(13)14)8-12-16-5-6-17(12)2/h5-6,10-11,15H,3-4,7-9H2,1-2H3. The maximum absolute atomic E-state index is 11.9. The number of ether oxygens (including phenoxy) is 1. The van der Waals surface area contributed by atoms with Crippen molar-refractivity contribution in [3.05, 3.63) is 18.2 Å². The minimum Gasteiger partial charge on any atom is -0.375 e. The topological polar surface area (TPSA) is 39.1 Å². The molecule has 0 aliphatic carbocycles. The smallest absolute Gasteiger partial charge is 0.261 e. The van der Waals surface area contributed by atoms with Crippen molar-refractivity contribution in [3.8, 4) is 0 Å². The summed E-state index contributed by atoms with van der Waals surface area (Å²) in [6, 6.07) is 0.203. The third-order valence-electron chi connectivity index (χ3n) is 2.70. The third-order valence-corrected chi connectivity index (χ3v) is 2.70. The highest BCUT2D eigenvalue weighted by Crippen LogP contribution is 2.04. The molecule has 0 aliphatic rings. The lowest BCUT2D eigenvalue weighted by atomic mass is 10.1. The fourth-order valence-corrected chi connectivity index (χ4v) is 1.78. The van der Waals surface area contributed by atoms with Crippen molar-refractivity contribution in [2.45, 2.75) is 32.2 Å². The number of hydrogen-bond acceptors (Lipinski definition) is 3. The van der Waals surface area contributed by atoms with E-state index in [-0.39, 0.29) is 6.04 Å². The quantitative estimate of drug-likeness (QED) is 0.686. The molecule has 1 aromatic heterocycles. The Morgan fingerprint density at radius 2 is 2.28 bits per heavy atom. The van der Waals surface area contributed by atoms with E-state index in [1.54, 1.807) is 6.20 Å². The predicted molar refractivity (Wildman–Crippen MR) is 65.8 cm³/mol. The van der Waals surface area contributed by atoms with Crippen molar-refractivity contribution in [2.24, 2.45) is 7.05 Å². The first kappa shape index (κ1) is 15.0. The molecule has 0 aliphatic heterocycles. The lowest BCUT2D eigenvalue weighted by Gasteiger charge is -2.17. The summed E-state index contributed by atoms with van der Waals surface area (Å²) in [4.78, 5) is 4.26. The highest BCUT2D eigenvalue weighted by molar-refractivity contribution is 4.94. The number of nitrogens with zero attached hydrogens (tertiary/aromatic N) is 2. The molecule has 0 fully saturated rings. The van der Waals surface area contributed by atoms with Crippen molar-refractivity contribution in [2.75, 3.05) is 19.8 Å². The molecule has 6 heteroatoms. The first-order valence-electron chi connectivity index (χ1n) is 6.19. The molecule has 0 amide bonds. The van der Waals surface area contributed by atoms with Gasteiger partial charge in [-0.25, -0.2) is 13.8 Å². The second-order valence-corrected chi connectivity index (χ2v) is 4.17. The fourth-order valence-electron chi connectivity index (χ4n) is 1.78. The van der Waals surface area contributed by atoms with Crippen LogP contribution in [0.5, 0.6) is 0 Å². The van der Waals surface area contributed by atoms with Gasteiger partial charge in [-0.05, 0) is 13.0 Å². The number of hydrogen-bond donors (Lipinski definition) is 1. The van der Waals surface area contributed by atoms with Gasteiger partial charge in [-0.3, -0.25) is 0 Å². The summed E-state index contributed by atoms with van der Waals surface area (Å²) in [6.07, 6.45) is 2.73. The van der Waals surface area contributed by atoms with Gasteiger partial charge in [0.15, 0.2) is 0 Å². The number of rotatable bonds is 9. The van der Waals surface area contributed by atoms with Crippen LogP contribution >= 0.6 is 0 Å². The molecular weight excluding hydrogens is 240 g/mol. The van der Waals surface area contributed by atoms with Crippen LogP contribution in [0.25, 0.3) is 0 Å². The van der Waals surface area contributed by atoms with E-state index in [1.165, 1.54) is 0 Å². The van der Waals surface area contributed by atoms with Crippen LogP contribution in [-0.4, -0.2) is 41.8 Å². The summed E-state index contributed by atoms with van der Waals surface area (Å²) in [5, 5.41) is 3.32. The lowest BCUT2D eigenvalue weighted by molar-refractivity contribution is 0.0144. The summed E-state index contributed by atoms with van der Waals surface area (Å²) in [5.41, 5.74) is 0. The monoisotopic (exact) mass is 261 g/mol. The summed E-state index contributed by atoms with van der Waals surface area (Å²) in [7, 11) is 1.94. The molecule has 18 heavy (non-hydrogen) atoms. The average Bonchev–Trinajstić information content (AvgIpc) is 2.70. The van der Waals surface area contributed by atoms with Gasteiger partial charge >= 0.3 is 0 Å². The number of nitrogens with one attached hydrogen (secondary N) is 1. The second-order valence-electron chi connectivity index (χ2n) is 4.17. The summed E-state index contributed by atoms with van der Waals surface area (Å²) >= 11 is 0. The number of alkyl halides is 2. The van der Waals surface area contributed by atoms with Crippen LogP contribution in [0.1, 0.15) is 19.2 Å². The van der Waals surface area contributed by atoms with Crippen LogP contribution in [0.4, 0.5) is 8.78 Å². The maximum atomic E-state index is 11.9. The van der Waals surface area contributed by atoms with Gasteiger partial charge in [0, 0.05) is 38.5 Å². The van der Waals surface area contributed by atoms with E-state index in [4.69, 9.17) is 4.74 Å². The molecule has 0 saturated heterocycles. The van der Waals surface area contributed by atoms with E-state index in [0.717, 1.165) is 18.8 Å². The van der Waals surface area contributed by atoms with E-state index < -0.39 is 13.0 Å². The third kappa shape index (κ3) is 5.55. The van der Waals surface area contributed by atoms with Crippen molar-refractivity contribution in [3.63, 3.8) is 0 Å². The van der Waals surface area contributed by atoms with Crippen molar-refractivity contribution in [1.82, 2.24) is 14.9 Å². The molecule has 4 nitrogen and oxygen atoms in total. The Labute approximate surface area is 106 Å². The number of halogens is 2. The number of aromatic nitrogens is 2. The minimum atomic E-state index is -2.39. The molecule has 104 valence electrons. The Morgan fingerprint density at radius 1 is 1.50 bits per heavy atom. The largest absolute Gasteiger partial charge is 0.375 e. The molecule has 0 saturated carbocycles. The van der Waals surface area contributed by atoms with E-state index >= 15 is 0 Å². The molecule has 0 aromatic carbocycles. The molecule has 1 heterocycles. The molecule has 0 radical (unpaired) electrons. The zero-order chi connectivity index (χ0) is 13.4. The van der Waals surface area contributed by atoms with Crippen LogP contribution in [0, 0.1) is 0 Å². The normalized spacial score (nSPS) is 13.2. The first-order valence-corrected chi connectivity index (χ1v) is 6.19. The molecule has 0 bridgehead atoms. The SMILES string of the molecule is CCNC(CCOCC(F)F)Cc1nccn1C. The lowest BCUT2D eigenvalue weighted by Crippen LogP contribution is -2.33. The summed E-state index contributed by atoms with van der Waals surface area (Å²) in [6.45, 7) is 2.71. The molecule has 1 rings (SSSR count). The van der Waals surface area contributed by atoms with Crippen LogP contribution in [0.2, 0.25) is 0 Å². The van der Waals surface area contributed by atoms with Crippen LogP contribution in [-0.2, 0) is 18.2 Å². The van der Waals surface area contributed by atoms with Crippen LogP contribution in [0.3, 0.4) is 0 Å². The predicted octanol–water partition coefficient (Wildman–Crippen LogP) is 1.61. The van der Waals surface area contributed by atoms with Gasteiger partial charge in [0.1, 0.15) is 12.4 Å². The molecule has 1 aromatic rings. The molecular formula is C12H21F2N3O. The fraction of sp³-hybridized carbons (Fsp3) is 0.750. The zero-order valence-corrected chi connectivity index (χ0v) is 10.9. The van der Waals surface area contributed by atoms with E-state index in [9.17, 15) is 8.78 Å². The van der Waals surface area contributed by atoms with E-state index in [1.807, 2.05) is 24.7 Å². The Morgan fingerprint density at radius 3 is 2.83 bits per heavy atom. The molecule has 1 N–H and O–H groups in total.